The van der Waals surface area contributed by atoms with Gasteiger partial charge in [0.25, 0.3) is 5.56 Å². The summed E-state index contributed by atoms with van der Waals surface area (Å²) in [5, 5.41) is 17.2. The fourth-order valence-electron chi connectivity index (χ4n) is 5.38. The van der Waals surface area contributed by atoms with Gasteiger partial charge in [-0.25, -0.2) is 4.68 Å². The minimum absolute atomic E-state index is 0.155. The molecule has 0 radical (unpaired) electrons. The number of benzene rings is 3. The number of rotatable bonds is 8. The Balaban J connectivity index is 1.39. The van der Waals surface area contributed by atoms with Crippen LogP contribution in [-0.2, 0) is 25.9 Å². The molecule has 1 unspecified atom stereocenters. The first-order chi connectivity index (χ1) is 17.4. The molecule has 1 heterocycles. The lowest BCUT2D eigenvalue weighted by Crippen LogP contribution is -2.43. The minimum Gasteiger partial charge on any atom is -0.497 e. The summed E-state index contributed by atoms with van der Waals surface area (Å²) in [6.45, 7) is 5.31. The van der Waals surface area contributed by atoms with Crippen molar-refractivity contribution >= 4 is 10.8 Å². The molecule has 0 bridgehead atoms. The average molecular weight is 484 g/mol. The van der Waals surface area contributed by atoms with E-state index in [1.165, 1.54) is 21.4 Å². The fraction of sp³-hybridized carbons (Fsp3) is 0.333. The van der Waals surface area contributed by atoms with E-state index in [4.69, 9.17) is 4.74 Å². The van der Waals surface area contributed by atoms with Gasteiger partial charge in [-0.05, 0) is 67.1 Å². The number of nitrogens with zero attached hydrogens (tertiary/aromatic N) is 3. The van der Waals surface area contributed by atoms with Crippen molar-refractivity contribution in [2.45, 2.75) is 51.9 Å². The molecular formula is C30H33N3O3. The van der Waals surface area contributed by atoms with Crippen LogP contribution in [0.1, 0.15) is 27.9 Å². The van der Waals surface area contributed by atoms with Crippen LogP contribution in [0.2, 0.25) is 0 Å². The smallest absolute Gasteiger partial charge is 0.274 e. The molecule has 186 valence electrons. The number of ether oxygens (including phenoxy) is 1. The molecule has 1 N–H and O–H groups in total. The summed E-state index contributed by atoms with van der Waals surface area (Å²) in [5.41, 5.74) is 5.73. The molecule has 0 saturated carbocycles. The van der Waals surface area contributed by atoms with Gasteiger partial charge in [0.15, 0.2) is 0 Å². The maximum Gasteiger partial charge on any atom is 0.274 e. The first kappa shape index (κ1) is 24.2. The van der Waals surface area contributed by atoms with E-state index in [-0.39, 0.29) is 18.1 Å². The third-order valence-corrected chi connectivity index (χ3v) is 7.35. The van der Waals surface area contributed by atoms with E-state index < -0.39 is 6.10 Å². The molecule has 36 heavy (non-hydrogen) atoms. The molecule has 1 aliphatic carbocycles. The number of fused-ring (bicyclic) bond motifs is 2. The summed E-state index contributed by atoms with van der Waals surface area (Å²) in [7, 11) is 1.68. The van der Waals surface area contributed by atoms with Crippen molar-refractivity contribution in [2.24, 2.45) is 0 Å². The normalized spacial score (nSPS) is 14.4. The number of aliphatic hydroxyl groups excluding tert-OH is 1. The van der Waals surface area contributed by atoms with Crippen LogP contribution < -0.4 is 10.3 Å². The Morgan fingerprint density at radius 2 is 1.69 bits per heavy atom. The Morgan fingerprint density at radius 1 is 1.03 bits per heavy atom. The summed E-state index contributed by atoms with van der Waals surface area (Å²) >= 11 is 0. The molecule has 0 fully saturated rings. The van der Waals surface area contributed by atoms with Crippen molar-refractivity contribution < 1.29 is 9.84 Å². The zero-order chi connectivity index (χ0) is 25.2. The van der Waals surface area contributed by atoms with Crippen LogP contribution in [0, 0.1) is 13.8 Å². The Kier molecular flexibility index (Phi) is 6.90. The Morgan fingerprint density at radius 3 is 2.36 bits per heavy atom. The monoisotopic (exact) mass is 483 g/mol. The summed E-state index contributed by atoms with van der Waals surface area (Å²) in [5.74, 6) is 0.841. The lowest BCUT2D eigenvalue weighted by atomic mass is 10.1. The SMILES string of the molecule is COc1ccc(CN(CC(O)Cn2nc(C)c3ccccc3c2=O)C2Cc3ccccc3C2)c(C)c1. The first-order valence-corrected chi connectivity index (χ1v) is 12.5. The lowest BCUT2D eigenvalue weighted by molar-refractivity contribution is 0.0691. The predicted molar refractivity (Wildman–Crippen MR) is 143 cm³/mol. The molecule has 0 aliphatic heterocycles. The van der Waals surface area contributed by atoms with Gasteiger partial charge in [-0.1, -0.05) is 48.5 Å². The molecule has 0 spiro atoms. The summed E-state index contributed by atoms with van der Waals surface area (Å²) < 4.78 is 6.81. The maximum atomic E-state index is 13.1. The van der Waals surface area contributed by atoms with Crippen LogP contribution in [0.5, 0.6) is 5.75 Å². The summed E-state index contributed by atoms with van der Waals surface area (Å²) in [6, 6.07) is 22.5. The molecule has 1 aliphatic rings. The van der Waals surface area contributed by atoms with Crippen LogP contribution in [0.4, 0.5) is 0 Å². The molecule has 0 amide bonds. The van der Waals surface area contributed by atoms with Crippen molar-refractivity contribution in [3.05, 3.63) is 105 Å². The molecule has 6 heteroatoms. The van der Waals surface area contributed by atoms with Gasteiger partial charge in [0.2, 0.25) is 0 Å². The zero-order valence-corrected chi connectivity index (χ0v) is 21.1. The van der Waals surface area contributed by atoms with Crippen LogP contribution in [-0.4, -0.2) is 45.6 Å². The summed E-state index contributed by atoms with van der Waals surface area (Å²) in [6.07, 6.45) is 1.16. The minimum atomic E-state index is -0.738. The molecule has 4 aromatic rings. The average Bonchev–Trinajstić information content (AvgIpc) is 3.32. The number of aromatic nitrogens is 2. The summed E-state index contributed by atoms with van der Waals surface area (Å²) in [4.78, 5) is 15.4. The van der Waals surface area contributed by atoms with E-state index in [0.717, 1.165) is 35.2 Å². The number of hydrogen-bond donors (Lipinski definition) is 1. The molecule has 3 aromatic carbocycles. The van der Waals surface area contributed by atoms with Gasteiger partial charge in [-0.2, -0.15) is 5.10 Å². The number of hydrogen-bond acceptors (Lipinski definition) is 5. The molecule has 6 nitrogen and oxygen atoms in total. The predicted octanol–water partition coefficient (Wildman–Crippen LogP) is 4.05. The van der Waals surface area contributed by atoms with Gasteiger partial charge in [0.1, 0.15) is 5.75 Å². The van der Waals surface area contributed by atoms with Crippen molar-refractivity contribution in [1.29, 1.82) is 0 Å². The van der Waals surface area contributed by atoms with Gasteiger partial charge in [-0.3, -0.25) is 9.69 Å². The Bertz CT molecular complexity index is 1420. The van der Waals surface area contributed by atoms with Crippen molar-refractivity contribution in [1.82, 2.24) is 14.7 Å². The van der Waals surface area contributed by atoms with Crippen LogP contribution >= 0.6 is 0 Å². The van der Waals surface area contributed by atoms with E-state index in [1.807, 2.05) is 37.3 Å². The van der Waals surface area contributed by atoms with E-state index in [9.17, 15) is 9.90 Å². The van der Waals surface area contributed by atoms with Crippen molar-refractivity contribution in [2.75, 3.05) is 13.7 Å². The number of methoxy groups -OCH3 is 1. The van der Waals surface area contributed by atoms with E-state index in [1.54, 1.807) is 7.11 Å². The van der Waals surface area contributed by atoms with Crippen LogP contribution in [0.3, 0.4) is 0 Å². The standard InChI is InChI=1S/C30H33N3O3/c1-20-14-27(36-3)13-12-24(20)17-32(25-15-22-8-4-5-9-23(22)16-25)18-26(34)19-33-30(35)29-11-7-6-10-28(29)21(2)31-33/h4-14,25-26,34H,15-19H2,1-3H3. The first-order valence-electron chi connectivity index (χ1n) is 12.5. The second-order valence-corrected chi connectivity index (χ2v) is 9.82. The molecular weight excluding hydrogens is 450 g/mol. The highest BCUT2D eigenvalue weighted by molar-refractivity contribution is 5.83. The van der Waals surface area contributed by atoms with E-state index >= 15 is 0 Å². The lowest BCUT2D eigenvalue weighted by Gasteiger charge is -2.31. The second kappa shape index (κ2) is 10.2. The Labute approximate surface area is 211 Å². The maximum absolute atomic E-state index is 13.1. The molecule has 1 atom stereocenters. The van der Waals surface area contributed by atoms with Crippen molar-refractivity contribution in [3.63, 3.8) is 0 Å². The third-order valence-electron chi connectivity index (χ3n) is 7.35. The molecule has 5 rings (SSSR count). The van der Waals surface area contributed by atoms with Gasteiger partial charge in [-0.15, -0.1) is 0 Å². The van der Waals surface area contributed by atoms with Crippen molar-refractivity contribution in [3.8, 4) is 5.75 Å². The second-order valence-electron chi connectivity index (χ2n) is 9.82. The highest BCUT2D eigenvalue weighted by Crippen LogP contribution is 2.28. The number of aryl methyl sites for hydroxylation is 2. The highest BCUT2D eigenvalue weighted by Gasteiger charge is 2.28. The molecule has 1 aromatic heterocycles. The van der Waals surface area contributed by atoms with Gasteiger partial charge < -0.3 is 9.84 Å². The van der Waals surface area contributed by atoms with E-state index in [0.29, 0.717) is 18.5 Å². The van der Waals surface area contributed by atoms with Gasteiger partial charge >= 0.3 is 0 Å². The Hall–Kier alpha value is -3.48. The van der Waals surface area contributed by atoms with Gasteiger partial charge in [0.05, 0.1) is 30.8 Å². The zero-order valence-electron chi connectivity index (χ0n) is 21.1. The third kappa shape index (κ3) is 4.92. The van der Waals surface area contributed by atoms with Crippen LogP contribution in [0.25, 0.3) is 10.8 Å². The van der Waals surface area contributed by atoms with Crippen LogP contribution in [0.15, 0.2) is 71.5 Å². The largest absolute Gasteiger partial charge is 0.497 e. The number of aliphatic hydroxyl groups is 1. The fourth-order valence-corrected chi connectivity index (χ4v) is 5.38. The highest BCUT2D eigenvalue weighted by atomic mass is 16.5. The topological polar surface area (TPSA) is 67.6 Å². The van der Waals surface area contributed by atoms with E-state index in [2.05, 4.69) is 53.3 Å². The quantitative estimate of drug-likeness (QED) is 0.410. The molecule has 0 saturated heterocycles. The van der Waals surface area contributed by atoms with Gasteiger partial charge in [0, 0.05) is 24.5 Å².